The van der Waals surface area contributed by atoms with E-state index in [-0.39, 0.29) is 12.4 Å². The Labute approximate surface area is 101 Å². The van der Waals surface area contributed by atoms with E-state index in [0.717, 1.165) is 0 Å². The van der Waals surface area contributed by atoms with E-state index in [2.05, 4.69) is 12.2 Å². The molecule has 0 spiro atoms. The van der Waals surface area contributed by atoms with Gasteiger partial charge in [0.2, 0.25) is 0 Å². The third-order valence-electron chi connectivity index (χ3n) is 2.99. The lowest BCUT2D eigenvalue weighted by molar-refractivity contribution is 0.103. The average Bonchev–Trinajstić information content (AvgIpc) is 3.02. The topological polar surface area (TPSA) is 41.5 Å². The molecule has 0 radical (unpaired) electrons. The Bertz CT molecular complexity index is 372. The molecule has 1 aliphatic carbocycles. The van der Waals surface area contributed by atoms with Gasteiger partial charge in [-0.25, -0.2) is 4.39 Å². The number of aliphatic hydroxyl groups is 1. The van der Waals surface area contributed by atoms with Gasteiger partial charge >= 0.3 is 0 Å². The molecule has 3 atom stereocenters. The molecule has 1 aromatic rings. The molecule has 0 bridgehead atoms. The predicted molar refractivity (Wildman–Crippen MR) is 63.5 cm³/mol. The molecule has 0 aromatic heterocycles. The van der Waals surface area contributed by atoms with E-state index < -0.39 is 11.9 Å². The van der Waals surface area contributed by atoms with E-state index in [4.69, 9.17) is 4.74 Å². The Hall–Kier alpha value is -1.13. The number of ether oxygens (including phenoxy) is 1. The number of hydrogen-bond donors (Lipinski definition) is 2. The minimum Gasteiger partial charge on any atom is -0.488 e. The fraction of sp³-hybridized carbons (Fsp3) is 0.538. The molecule has 1 fully saturated rings. The maximum atomic E-state index is 13.2. The van der Waals surface area contributed by atoms with Crippen molar-refractivity contribution >= 4 is 0 Å². The van der Waals surface area contributed by atoms with Crippen molar-refractivity contribution in [1.29, 1.82) is 0 Å². The largest absolute Gasteiger partial charge is 0.488 e. The second kappa shape index (κ2) is 5.47. The maximum Gasteiger partial charge on any atom is 0.165 e. The second-order valence-corrected chi connectivity index (χ2v) is 4.62. The molecule has 3 unspecified atom stereocenters. The van der Waals surface area contributed by atoms with Crippen LogP contribution < -0.4 is 10.1 Å². The SMILES string of the molecule is CC1CC1NCC(O)COc1ccccc1F. The van der Waals surface area contributed by atoms with Gasteiger partial charge in [-0.3, -0.25) is 0 Å². The van der Waals surface area contributed by atoms with Crippen molar-refractivity contribution in [1.82, 2.24) is 5.32 Å². The standard InChI is InChI=1S/C13H18FNO2/c1-9-6-12(9)15-7-10(16)8-17-13-5-3-2-4-11(13)14/h2-5,9-10,12,15-16H,6-8H2,1H3. The molecule has 0 amide bonds. The van der Waals surface area contributed by atoms with E-state index >= 15 is 0 Å². The van der Waals surface area contributed by atoms with Crippen LogP contribution in [0.4, 0.5) is 4.39 Å². The number of nitrogens with one attached hydrogen (secondary N) is 1. The summed E-state index contributed by atoms with van der Waals surface area (Å²) in [7, 11) is 0. The first kappa shape index (κ1) is 12.3. The molecule has 1 saturated carbocycles. The van der Waals surface area contributed by atoms with Crippen molar-refractivity contribution in [2.45, 2.75) is 25.5 Å². The summed E-state index contributed by atoms with van der Waals surface area (Å²) in [5, 5.41) is 12.9. The first-order valence-electron chi connectivity index (χ1n) is 5.95. The normalized spacial score (nSPS) is 24.4. The maximum absolute atomic E-state index is 13.2. The van der Waals surface area contributed by atoms with Crippen molar-refractivity contribution in [3.63, 3.8) is 0 Å². The summed E-state index contributed by atoms with van der Waals surface area (Å²) >= 11 is 0. The lowest BCUT2D eigenvalue weighted by atomic mass is 10.3. The zero-order valence-corrected chi connectivity index (χ0v) is 9.90. The molecule has 0 aliphatic heterocycles. The van der Waals surface area contributed by atoms with Crippen molar-refractivity contribution in [3.8, 4) is 5.75 Å². The fourth-order valence-electron chi connectivity index (χ4n) is 1.70. The van der Waals surface area contributed by atoms with E-state index in [1.54, 1.807) is 18.2 Å². The number of benzene rings is 1. The molecule has 0 saturated heterocycles. The minimum absolute atomic E-state index is 0.106. The third-order valence-corrected chi connectivity index (χ3v) is 2.99. The van der Waals surface area contributed by atoms with Gasteiger partial charge in [0.05, 0.1) is 0 Å². The van der Waals surface area contributed by atoms with Crippen LogP contribution in [0.2, 0.25) is 0 Å². The molecule has 3 nitrogen and oxygen atoms in total. The highest BCUT2D eigenvalue weighted by atomic mass is 19.1. The van der Waals surface area contributed by atoms with Crippen molar-refractivity contribution in [2.24, 2.45) is 5.92 Å². The Morgan fingerprint density at radius 1 is 1.53 bits per heavy atom. The van der Waals surface area contributed by atoms with E-state index in [1.165, 1.54) is 12.5 Å². The second-order valence-electron chi connectivity index (χ2n) is 4.62. The van der Waals surface area contributed by atoms with E-state index in [1.807, 2.05) is 0 Å². The Morgan fingerprint density at radius 2 is 2.24 bits per heavy atom. The summed E-state index contributed by atoms with van der Waals surface area (Å²) in [4.78, 5) is 0. The summed E-state index contributed by atoms with van der Waals surface area (Å²) in [6, 6.07) is 6.73. The highest BCUT2D eigenvalue weighted by Gasteiger charge is 2.32. The van der Waals surface area contributed by atoms with Crippen LogP contribution in [0.1, 0.15) is 13.3 Å². The monoisotopic (exact) mass is 239 g/mol. The highest BCUT2D eigenvalue weighted by Crippen LogP contribution is 2.28. The third kappa shape index (κ3) is 3.68. The zero-order valence-electron chi connectivity index (χ0n) is 9.90. The molecule has 1 aromatic carbocycles. The summed E-state index contributed by atoms with van der Waals surface area (Å²) < 4.78 is 18.4. The molecule has 4 heteroatoms. The van der Waals surface area contributed by atoms with Crippen LogP contribution in [0.25, 0.3) is 0 Å². The number of aliphatic hydroxyl groups excluding tert-OH is 1. The number of halogens is 1. The van der Waals surface area contributed by atoms with Crippen LogP contribution in [0, 0.1) is 11.7 Å². The summed E-state index contributed by atoms with van der Waals surface area (Å²) in [5.74, 6) is 0.490. The number of hydrogen-bond acceptors (Lipinski definition) is 3. The lowest BCUT2D eigenvalue weighted by Crippen LogP contribution is -2.33. The number of para-hydroxylation sites is 1. The van der Waals surface area contributed by atoms with Gasteiger partial charge in [0.1, 0.15) is 12.7 Å². The molecule has 2 N–H and O–H groups in total. The van der Waals surface area contributed by atoms with Crippen LogP contribution in [-0.2, 0) is 0 Å². The number of rotatable bonds is 6. The molecule has 17 heavy (non-hydrogen) atoms. The van der Waals surface area contributed by atoms with Crippen LogP contribution in [0.15, 0.2) is 24.3 Å². The van der Waals surface area contributed by atoms with Crippen LogP contribution in [-0.4, -0.2) is 30.4 Å². The first-order valence-corrected chi connectivity index (χ1v) is 5.95. The summed E-state index contributed by atoms with van der Waals surface area (Å²) in [5.41, 5.74) is 0. The quantitative estimate of drug-likeness (QED) is 0.791. The van der Waals surface area contributed by atoms with Gasteiger partial charge in [-0.15, -0.1) is 0 Å². The Balaban J connectivity index is 1.68. The highest BCUT2D eigenvalue weighted by molar-refractivity contribution is 5.23. The van der Waals surface area contributed by atoms with Crippen LogP contribution in [0.5, 0.6) is 5.75 Å². The van der Waals surface area contributed by atoms with Gasteiger partial charge in [0, 0.05) is 12.6 Å². The fourth-order valence-corrected chi connectivity index (χ4v) is 1.70. The Kier molecular flexibility index (Phi) is 3.97. The Morgan fingerprint density at radius 3 is 2.88 bits per heavy atom. The summed E-state index contributed by atoms with van der Waals surface area (Å²) in [6.07, 6.45) is 0.559. The lowest BCUT2D eigenvalue weighted by Gasteiger charge is -2.13. The van der Waals surface area contributed by atoms with Gasteiger partial charge in [-0.05, 0) is 24.5 Å². The molecule has 1 aliphatic rings. The van der Waals surface area contributed by atoms with Gasteiger partial charge < -0.3 is 15.2 Å². The molecule has 2 rings (SSSR count). The van der Waals surface area contributed by atoms with Crippen molar-refractivity contribution < 1.29 is 14.2 Å². The van der Waals surface area contributed by atoms with Gasteiger partial charge in [0.25, 0.3) is 0 Å². The van der Waals surface area contributed by atoms with Gasteiger partial charge in [0.15, 0.2) is 11.6 Å². The average molecular weight is 239 g/mol. The zero-order chi connectivity index (χ0) is 12.3. The molecular formula is C13H18FNO2. The van der Waals surface area contributed by atoms with Crippen molar-refractivity contribution in [2.75, 3.05) is 13.2 Å². The molecule has 94 valence electrons. The molecule has 0 heterocycles. The van der Waals surface area contributed by atoms with Crippen LogP contribution >= 0.6 is 0 Å². The van der Waals surface area contributed by atoms with Gasteiger partial charge in [-0.1, -0.05) is 19.1 Å². The minimum atomic E-state index is -0.609. The van der Waals surface area contributed by atoms with Crippen LogP contribution in [0.3, 0.4) is 0 Å². The van der Waals surface area contributed by atoms with E-state index in [9.17, 15) is 9.50 Å². The van der Waals surface area contributed by atoms with Crippen molar-refractivity contribution in [3.05, 3.63) is 30.1 Å². The first-order chi connectivity index (χ1) is 8.16. The predicted octanol–water partition coefficient (Wildman–Crippen LogP) is 1.56. The van der Waals surface area contributed by atoms with E-state index in [0.29, 0.717) is 18.5 Å². The molecular weight excluding hydrogens is 221 g/mol. The van der Waals surface area contributed by atoms with Gasteiger partial charge in [-0.2, -0.15) is 0 Å². The smallest absolute Gasteiger partial charge is 0.165 e. The summed E-state index contributed by atoms with van der Waals surface area (Å²) in [6.45, 7) is 2.76.